The van der Waals surface area contributed by atoms with Gasteiger partial charge in [0, 0.05) is 48.1 Å². The monoisotopic (exact) mass is 599 g/mol. The summed E-state index contributed by atoms with van der Waals surface area (Å²) in [7, 11) is 0. The molecular weight excluding hydrogens is 552 g/mol. The Labute approximate surface area is 269 Å². The highest BCUT2D eigenvalue weighted by molar-refractivity contribution is 6.39. The number of aliphatic hydroxyl groups excluding tert-OH is 1. The first-order chi connectivity index (χ1) is 21.5. The van der Waals surface area contributed by atoms with E-state index in [1.807, 2.05) is 24.3 Å². The normalized spacial score (nSPS) is 14.6. The Kier molecular flexibility index (Phi) is 9.72. The van der Waals surface area contributed by atoms with E-state index in [1.165, 1.54) is 22.4 Å². The van der Waals surface area contributed by atoms with Gasteiger partial charge in [-0.3, -0.25) is 4.79 Å². The predicted molar refractivity (Wildman–Crippen MR) is 189 cm³/mol. The Hall–Kier alpha value is -4.44. The van der Waals surface area contributed by atoms with Crippen molar-refractivity contribution in [1.82, 2.24) is 0 Å². The molecule has 3 aromatic rings. The highest BCUT2D eigenvalue weighted by atomic mass is 16.3. The molecule has 0 aromatic heterocycles. The van der Waals surface area contributed by atoms with Crippen LogP contribution in [0.2, 0.25) is 0 Å². The molecule has 0 aliphatic heterocycles. The molecule has 0 spiro atoms. The molecule has 0 fully saturated rings. The molecule has 1 N–H and O–H groups in total. The van der Waals surface area contributed by atoms with E-state index in [2.05, 4.69) is 125 Å². The van der Waals surface area contributed by atoms with Gasteiger partial charge in [-0.1, -0.05) is 69.2 Å². The lowest BCUT2D eigenvalue weighted by atomic mass is 9.80. The quantitative estimate of drug-likeness (QED) is 0.186. The van der Waals surface area contributed by atoms with Crippen molar-refractivity contribution < 1.29 is 14.5 Å². The number of aliphatic hydroxyl groups is 1. The zero-order valence-electron chi connectivity index (χ0n) is 27.9. The van der Waals surface area contributed by atoms with Crippen molar-refractivity contribution >= 4 is 34.1 Å². The minimum atomic E-state index is -0.116. The second-order valence-corrected chi connectivity index (χ2v) is 13.3. The maximum absolute atomic E-state index is 13.4. The molecule has 2 aliphatic carbocycles. The minimum absolute atomic E-state index is 0.0711. The van der Waals surface area contributed by atoms with Gasteiger partial charge in [0.25, 0.3) is 0 Å². The summed E-state index contributed by atoms with van der Waals surface area (Å²) in [5.74, 6) is 1.13. The van der Waals surface area contributed by atoms with Crippen LogP contribution >= 0.6 is 0 Å². The Morgan fingerprint density at radius 3 is 1.84 bits per heavy atom. The van der Waals surface area contributed by atoms with Gasteiger partial charge >= 0.3 is 0 Å². The fraction of sp³-hybridized carbons (Fsp3) is 0.317. The number of carbonyl (C=O) groups is 1. The van der Waals surface area contributed by atoms with Gasteiger partial charge in [0.15, 0.2) is 0 Å². The summed E-state index contributed by atoms with van der Waals surface area (Å²) in [5.41, 5.74) is 10.5. The molecule has 0 unspecified atom stereocenters. The average Bonchev–Trinajstić information content (AvgIpc) is 3.00. The second kappa shape index (κ2) is 13.7. The first kappa shape index (κ1) is 32.0. The molecule has 0 atom stereocenters. The summed E-state index contributed by atoms with van der Waals surface area (Å²) in [6.07, 6.45) is 10.2. The van der Waals surface area contributed by atoms with Crippen LogP contribution < -0.4 is 4.90 Å². The topological polar surface area (TPSA) is 43.5 Å². The van der Waals surface area contributed by atoms with Crippen LogP contribution in [0.25, 0.3) is 5.57 Å². The lowest BCUT2D eigenvalue weighted by Gasteiger charge is -2.27. The van der Waals surface area contributed by atoms with E-state index in [0.29, 0.717) is 23.0 Å². The first-order valence-corrected chi connectivity index (χ1v) is 16.3. The number of aryl methyl sites for hydroxylation is 3. The summed E-state index contributed by atoms with van der Waals surface area (Å²) in [4.78, 5) is 15.8. The molecule has 0 radical (unpaired) electrons. The maximum atomic E-state index is 13.4. The Morgan fingerprint density at radius 2 is 1.29 bits per heavy atom. The Morgan fingerprint density at radius 1 is 0.711 bits per heavy atom. The number of allylic oxidation sites excluding steroid dienone is 7. The molecular formula is C41H47N2O2+. The van der Waals surface area contributed by atoms with Crippen LogP contribution in [0.3, 0.4) is 0 Å². The highest BCUT2D eigenvalue weighted by Crippen LogP contribution is 2.40. The van der Waals surface area contributed by atoms with Crippen molar-refractivity contribution in [3.8, 4) is 0 Å². The highest BCUT2D eigenvalue weighted by Gasteiger charge is 2.36. The molecule has 45 heavy (non-hydrogen) atoms. The van der Waals surface area contributed by atoms with Crippen molar-refractivity contribution in [1.29, 1.82) is 0 Å². The maximum Gasteiger partial charge on any atom is 0.208 e. The fourth-order valence-corrected chi connectivity index (χ4v) is 5.96. The van der Waals surface area contributed by atoms with Gasteiger partial charge < -0.3 is 10.0 Å². The summed E-state index contributed by atoms with van der Waals surface area (Å²) in [6, 6.07) is 23.2. The molecule has 0 saturated carbocycles. The van der Waals surface area contributed by atoms with E-state index in [9.17, 15) is 9.90 Å². The summed E-state index contributed by atoms with van der Waals surface area (Å²) in [5, 5.41) is 11.1. The van der Waals surface area contributed by atoms with E-state index in [4.69, 9.17) is 0 Å². The summed E-state index contributed by atoms with van der Waals surface area (Å²) in [6.45, 7) is 17.1. The smallest absolute Gasteiger partial charge is 0.208 e. The Balaban J connectivity index is 1.41. The van der Waals surface area contributed by atoms with Gasteiger partial charge in [-0.25, -0.2) is 0 Å². The number of hydrogen-bond donors (Lipinski definition) is 1. The number of hydrogen-bond acceptors (Lipinski definition) is 3. The SMILES string of the molecule is Cc1ccc(N(CCC(C)C)c2ccc(C3=C(O)C(=C4C=CC(=[N+](CCC(C)C)c5ccc(C)cc5C)C=C4)C3=O)cc2)cc1. The van der Waals surface area contributed by atoms with E-state index in [1.54, 1.807) is 0 Å². The van der Waals surface area contributed by atoms with Crippen LogP contribution in [-0.2, 0) is 4.79 Å². The van der Waals surface area contributed by atoms with Gasteiger partial charge in [0.05, 0.1) is 11.1 Å². The van der Waals surface area contributed by atoms with Crippen LogP contribution in [0.15, 0.2) is 108 Å². The van der Waals surface area contributed by atoms with Crippen molar-refractivity contribution in [3.05, 3.63) is 130 Å². The third-order valence-electron chi connectivity index (χ3n) is 8.71. The third kappa shape index (κ3) is 7.12. The predicted octanol–water partition coefficient (Wildman–Crippen LogP) is 9.90. The van der Waals surface area contributed by atoms with Crippen LogP contribution in [0, 0.1) is 32.6 Å². The van der Waals surface area contributed by atoms with Gasteiger partial charge in [0.1, 0.15) is 12.3 Å². The first-order valence-electron chi connectivity index (χ1n) is 16.3. The molecule has 232 valence electrons. The number of nitrogens with zero attached hydrogens (tertiary/aromatic N) is 2. The van der Waals surface area contributed by atoms with E-state index < -0.39 is 0 Å². The van der Waals surface area contributed by atoms with Gasteiger partial charge in [-0.2, -0.15) is 4.58 Å². The molecule has 0 amide bonds. The molecule has 3 aromatic carbocycles. The number of anilines is 2. The molecule has 0 bridgehead atoms. The lowest BCUT2D eigenvalue weighted by molar-refractivity contribution is -0.441. The fourth-order valence-electron chi connectivity index (χ4n) is 5.96. The number of carbonyl (C=O) groups excluding carboxylic acids is 1. The minimum Gasteiger partial charge on any atom is -0.506 e. The average molecular weight is 600 g/mol. The van der Waals surface area contributed by atoms with Crippen LogP contribution in [-0.4, -0.2) is 34.3 Å². The lowest BCUT2D eigenvalue weighted by Crippen LogP contribution is -2.24. The van der Waals surface area contributed by atoms with Crippen molar-refractivity contribution in [2.75, 3.05) is 18.0 Å². The molecule has 2 aliphatic rings. The molecule has 0 saturated heterocycles. The second-order valence-electron chi connectivity index (χ2n) is 13.3. The van der Waals surface area contributed by atoms with Crippen molar-refractivity contribution in [3.63, 3.8) is 0 Å². The number of ketones is 1. The van der Waals surface area contributed by atoms with E-state index in [-0.39, 0.29) is 11.5 Å². The zero-order chi connectivity index (χ0) is 32.2. The standard InChI is InChI=1S/C41H46N2O2/c1-27(2)22-24-42(34-15-8-29(5)9-16-34)35-17-11-32(12-18-35)38-40(44)39(41(38)45)33-13-19-36(20-14-33)43(25-23-28(3)4)37-21-10-30(6)26-31(37)7/h8-21,26-28H,22-25H2,1-7H3/p+1. The molecule has 5 rings (SSSR count). The molecule has 0 heterocycles. The van der Waals surface area contributed by atoms with Crippen LogP contribution in [0.4, 0.5) is 17.1 Å². The Bertz CT molecular complexity index is 1710. The van der Waals surface area contributed by atoms with Gasteiger partial charge in [0.2, 0.25) is 17.2 Å². The van der Waals surface area contributed by atoms with E-state index >= 15 is 0 Å². The molecule has 4 heteroatoms. The molecule has 4 nitrogen and oxygen atoms in total. The van der Waals surface area contributed by atoms with Crippen LogP contribution in [0.5, 0.6) is 0 Å². The van der Waals surface area contributed by atoms with Crippen LogP contribution in [0.1, 0.15) is 62.8 Å². The number of rotatable bonds is 10. The summed E-state index contributed by atoms with van der Waals surface area (Å²) < 4.78 is 2.36. The van der Waals surface area contributed by atoms with Gasteiger partial charge in [-0.05, 0) is 92.6 Å². The van der Waals surface area contributed by atoms with Crippen molar-refractivity contribution in [2.24, 2.45) is 11.8 Å². The third-order valence-corrected chi connectivity index (χ3v) is 8.71. The number of Topliss-reactive ketones (excluding diaryl/α,β-unsaturated/α-hetero) is 1. The van der Waals surface area contributed by atoms with E-state index in [0.717, 1.165) is 54.2 Å². The zero-order valence-corrected chi connectivity index (χ0v) is 27.9. The number of benzene rings is 3. The largest absolute Gasteiger partial charge is 0.506 e. The van der Waals surface area contributed by atoms with Crippen molar-refractivity contribution in [2.45, 2.75) is 61.3 Å². The summed E-state index contributed by atoms with van der Waals surface area (Å²) >= 11 is 0. The van der Waals surface area contributed by atoms with Gasteiger partial charge in [-0.15, -0.1) is 0 Å².